The molecule has 2 nitrogen and oxygen atoms in total. The van der Waals surface area contributed by atoms with Crippen molar-refractivity contribution in [3.63, 3.8) is 0 Å². The first-order valence-electron chi connectivity index (χ1n) is 6.18. The van der Waals surface area contributed by atoms with Crippen LogP contribution >= 0.6 is 33.9 Å². The van der Waals surface area contributed by atoms with E-state index in [0.29, 0.717) is 5.13 Å². The smallest absolute Gasteiger partial charge is 0.180 e. The number of benzene rings is 1. The molecule has 1 aliphatic rings. The van der Waals surface area contributed by atoms with Crippen LogP contribution < -0.4 is 5.73 Å². The van der Waals surface area contributed by atoms with Gasteiger partial charge in [-0.25, -0.2) is 4.98 Å². The van der Waals surface area contributed by atoms with Crippen molar-refractivity contribution < 1.29 is 0 Å². The molecule has 0 aliphatic heterocycles. The number of aromatic nitrogens is 1. The second-order valence-corrected chi connectivity index (χ2v) is 7.00. The van der Waals surface area contributed by atoms with Crippen molar-refractivity contribution >= 4 is 39.1 Å². The van der Waals surface area contributed by atoms with E-state index in [9.17, 15) is 0 Å². The number of rotatable bonds is 2. The number of hydrogen-bond donors (Lipinski definition) is 1. The van der Waals surface area contributed by atoms with Crippen LogP contribution in [0.5, 0.6) is 0 Å². The third-order valence-electron chi connectivity index (χ3n) is 3.87. The van der Waals surface area contributed by atoms with E-state index in [0.717, 1.165) is 0 Å². The first kappa shape index (κ1) is 12.4. The molecule has 18 heavy (non-hydrogen) atoms. The lowest BCUT2D eigenvalue weighted by atomic mass is 9.76. The van der Waals surface area contributed by atoms with E-state index in [1.807, 2.05) is 0 Å². The summed E-state index contributed by atoms with van der Waals surface area (Å²) >= 11 is 3.90. The van der Waals surface area contributed by atoms with Crippen LogP contribution in [0.3, 0.4) is 0 Å². The van der Waals surface area contributed by atoms with Gasteiger partial charge >= 0.3 is 0 Å². The van der Waals surface area contributed by atoms with Gasteiger partial charge < -0.3 is 5.73 Å². The van der Waals surface area contributed by atoms with Gasteiger partial charge in [0.1, 0.15) is 0 Å². The van der Waals surface area contributed by atoms with E-state index < -0.39 is 0 Å². The summed E-state index contributed by atoms with van der Waals surface area (Å²) in [4.78, 5) is 4.56. The van der Waals surface area contributed by atoms with E-state index in [1.165, 1.54) is 40.5 Å². The van der Waals surface area contributed by atoms with Gasteiger partial charge in [0.2, 0.25) is 0 Å². The number of nitrogens with two attached hydrogens (primary N) is 1. The Kier molecular flexibility index (Phi) is 3.32. The number of anilines is 1. The van der Waals surface area contributed by atoms with E-state index in [2.05, 4.69) is 57.2 Å². The monoisotopic (exact) mass is 370 g/mol. The SMILES string of the molecule is Nc1nc(C2(c3ccc(I)cc3)CCCC2)cs1. The van der Waals surface area contributed by atoms with Gasteiger partial charge in [0.25, 0.3) is 0 Å². The zero-order chi connectivity index (χ0) is 12.6. The summed E-state index contributed by atoms with van der Waals surface area (Å²) in [6, 6.07) is 8.88. The molecule has 1 aliphatic carbocycles. The van der Waals surface area contributed by atoms with Crippen LogP contribution in [0, 0.1) is 3.57 Å². The Balaban J connectivity index is 2.09. The first-order valence-corrected chi connectivity index (χ1v) is 8.14. The fourth-order valence-electron chi connectivity index (χ4n) is 2.95. The summed E-state index contributed by atoms with van der Waals surface area (Å²) < 4.78 is 1.28. The normalized spacial score (nSPS) is 18.1. The second-order valence-electron chi connectivity index (χ2n) is 4.87. The summed E-state index contributed by atoms with van der Waals surface area (Å²) in [5.74, 6) is 0. The Morgan fingerprint density at radius 1 is 1.17 bits per heavy atom. The maximum atomic E-state index is 5.81. The second kappa shape index (κ2) is 4.81. The Labute approximate surface area is 125 Å². The summed E-state index contributed by atoms with van der Waals surface area (Å²) in [6.07, 6.45) is 4.94. The highest BCUT2D eigenvalue weighted by Gasteiger charge is 2.39. The predicted molar refractivity (Wildman–Crippen MR) is 84.9 cm³/mol. The first-order chi connectivity index (χ1) is 8.71. The highest BCUT2D eigenvalue weighted by molar-refractivity contribution is 14.1. The maximum absolute atomic E-state index is 5.81. The van der Waals surface area contributed by atoms with E-state index in [1.54, 1.807) is 11.3 Å². The maximum Gasteiger partial charge on any atom is 0.180 e. The molecule has 1 aromatic carbocycles. The third kappa shape index (κ3) is 2.05. The molecule has 0 amide bonds. The predicted octanol–water partition coefficient (Wildman–Crippen LogP) is 4.19. The van der Waals surface area contributed by atoms with Gasteiger partial charge in [-0.2, -0.15) is 0 Å². The lowest BCUT2D eigenvalue weighted by Gasteiger charge is -2.28. The molecule has 4 heteroatoms. The van der Waals surface area contributed by atoms with Crippen LogP contribution in [-0.4, -0.2) is 4.98 Å². The standard InChI is InChI=1S/C14H15IN2S/c15-11-5-3-10(4-6-11)14(7-1-2-8-14)12-9-18-13(16)17-12/h3-6,9H,1-2,7-8H2,(H2,16,17). The number of hydrogen-bond acceptors (Lipinski definition) is 3. The quantitative estimate of drug-likeness (QED) is 0.806. The average Bonchev–Trinajstić information content (AvgIpc) is 2.99. The molecule has 1 heterocycles. The van der Waals surface area contributed by atoms with Gasteiger partial charge in [-0.3, -0.25) is 0 Å². The Morgan fingerprint density at radius 3 is 2.39 bits per heavy atom. The summed E-state index contributed by atoms with van der Waals surface area (Å²) in [5, 5.41) is 2.82. The molecule has 3 rings (SSSR count). The van der Waals surface area contributed by atoms with Crippen molar-refractivity contribution in [3.05, 3.63) is 44.5 Å². The number of halogens is 1. The van der Waals surface area contributed by atoms with Crippen LogP contribution in [0.2, 0.25) is 0 Å². The van der Waals surface area contributed by atoms with Gasteiger partial charge in [-0.1, -0.05) is 25.0 Å². The molecule has 0 spiro atoms. The van der Waals surface area contributed by atoms with Gasteiger partial charge in [0, 0.05) is 14.4 Å². The molecule has 1 aromatic heterocycles. The topological polar surface area (TPSA) is 38.9 Å². The minimum atomic E-state index is 0.110. The Hall–Kier alpha value is -0.620. The number of nitrogen functional groups attached to an aromatic ring is 1. The molecule has 0 atom stereocenters. The molecule has 2 aromatic rings. The van der Waals surface area contributed by atoms with Crippen LogP contribution in [-0.2, 0) is 5.41 Å². The summed E-state index contributed by atoms with van der Waals surface area (Å²) in [7, 11) is 0. The van der Waals surface area contributed by atoms with Crippen molar-refractivity contribution in [3.8, 4) is 0 Å². The van der Waals surface area contributed by atoms with Crippen LogP contribution in [0.1, 0.15) is 36.9 Å². The van der Waals surface area contributed by atoms with Gasteiger partial charge in [0.15, 0.2) is 5.13 Å². The fourth-order valence-corrected chi connectivity index (χ4v) is 3.97. The van der Waals surface area contributed by atoms with Crippen LogP contribution in [0.15, 0.2) is 29.6 Å². The highest BCUT2D eigenvalue weighted by Crippen LogP contribution is 2.46. The minimum absolute atomic E-state index is 0.110. The Morgan fingerprint density at radius 2 is 1.83 bits per heavy atom. The molecule has 2 N–H and O–H groups in total. The molecule has 1 fully saturated rings. The minimum Gasteiger partial charge on any atom is -0.375 e. The molecule has 0 saturated heterocycles. The Bertz CT molecular complexity index is 541. The lowest BCUT2D eigenvalue weighted by Crippen LogP contribution is -2.24. The molecule has 94 valence electrons. The van der Waals surface area contributed by atoms with Crippen molar-refractivity contribution in [2.75, 3.05) is 5.73 Å². The molecule has 0 unspecified atom stereocenters. The largest absolute Gasteiger partial charge is 0.375 e. The van der Waals surface area contributed by atoms with E-state index in [4.69, 9.17) is 5.73 Å². The zero-order valence-electron chi connectivity index (χ0n) is 10.0. The highest BCUT2D eigenvalue weighted by atomic mass is 127. The van der Waals surface area contributed by atoms with E-state index >= 15 is 0 Å². The molecule has 0 bridgehead atoms. The molecule has 0 radical (unpaired) electrons. The van der Waals surface area contributed by atoms with Crippen molar-refractivity contribution in [1.82, 2.24) is 4.98 Å². The van der Waals surface area contributed by atoms with Crippen LogP contribution in [0.4, 0.5) is 5.13 Å². The molecular formula is C14H15IN2S. The van der Waals surface area contributed by atoms with Crippen molar-refractivity contribution in [2.45, 2.75) is 31.1 Å². The average molecular weight is 370 g/mol. The van der Waals surface area contributed by atoms with Gasteiger partial charge in [-0.15, -0.1) is 11.3 Å². The molecular weight excluding hydrogens is 355 g/mol. The zero-order valence-corrected chi connectivity index (χ0v) is 13.0. The number of nitrogens with zero attached hydrogens (tertiary/aromatic N) is 1. The summed E-state index contributed by atoms with van der Waals surface area (Å²) in [5.41, 5.74) is 8.49. The van der Waals surface area contributed by atoms with E-state index in [-0.39, 0.29) is 5.41 Å². The van der Waals surface area contributed by atoms with Gasteiger partial charge in [0.05, 0.1) is 5.69 Å². The molecule has 1 saturated carbocycles. The van der Waals surface area contributed by atoms with Gasteiger partial charge in [-0.05, 0) is 53.1 Å². The van der Waals surface area contributed by atoms with Crippen molar-refractivity contribution in [2.24, 2.45) is 0 Å². The number of thiazole rings is 1. The summed E-state index contributed by atoms with van der Waals surface area (Å²) in [6.45, 7) is 0. The lowest BCUT2D eigenvalue weighted by molar-refractivity contribution is 0.522. The fraction of sp³-hybridized carbons (Fsp3) is 0.357. The third-order valence-corrected chi connectivity index (χ3v) is 5.26. The van der Waals surface area contributed by atoms with Crippen LogP contribution in [0.25, 0.3) is 0 Å². The van der Waals surface area contributed by atoms with Crippen molar-refractivity contribution in [1.29, 1.82) is 0 Å².